The van der Waals surface area contributed by atoms with Crippen LogP contribution < -0.4 is 14.8 Å². The minimum absolute atomic E-state index is 0.306. The van der Waals surface area contributed by atoms with Crippen LogP contribution in [0.15, 0.2) is 6.07 Å². The van der Waals surface area contributed by atoms with E-state index in [0.717, 1.165) is 6.54 Å². The highest BCUT2D eigenvalue weighted by molar-refractivity contribution is 5.39. The van der Waals surface area contributed by atoms with Gasteiger partial charge in [-0.1, -0.05) is 13.8 Å². The van der Waals surface area contributed by atoms with Gasteiger partial charge in [0.05, 0.1) is 14.2 Å². The summed E-state index contributed by atoms with van der Waals surface area (Å²) < 4.78 is 9.99. The number of hydrogen-bond donors (Lipinski definition) is 1. The van der Waals surface area contributed by atoms with Gasteiger partial charge in [0.15, 0.2) is 0 Å². The van der Waals surface area contributed by atoms with Crippen molar-refractivity contribution >= 4 is 5.82 Å². The van der Waals surface area contributed by atoms with E-state index < -0.39 is 0 Å². The number of hydrogen-bond acceptors (Lipinski definition) is 5. The Morgan fingerprint density at radius 3 is 2.53 bits per heavy atom. The summed E-state index contributed by atoms with van der Waals surface area (Å²) in [4.78, 5) is 8.15. The first-order chi connectivity index (χ1) is 7.15. The van der Waals surface area contributed by atoms with Crippen LogP contribution in [0.4, 0.5) is 5.82 Å². The Kier molecular flexibility index (Phi) is 4.15. The molecular formula is C10H17N3O2. The quantitative estimate of drug-likeness (QED) is 0.801. The van der Waals surface area contributed by atoms with E-state index in [-0.39, 0.29) is 0 Å². The summed E-state index contributed by atoms with van der Waals surface area (Å²) in [6.45, 7) is 5.11. The molecule has 5 nitrogen and oxygen atoms in total. The second-order valence-corrected chi connectivity index (χ2v) is 3.56. The summed E-state index contributed by atoms with van der Waals surface area (Å²) in [5, 5.41) is 3.18. The van der Waals surface area contributed by atoms with Crippen LogP contribution >= 0.6 is 0 Å². The van der Waals surface area contributed by atoms with Gasteiger partial charge in [0, 0.05) is 12.6 Å². The number of ether oxygens (including phenoxy) is 2. The molecule has 0 bridgehead atoms. The summed E-state index contributed by atoms with van der Waals surface area (Å²) in [7, 11) is 3.09. The van der Waals surface area contributed by atoms with E-state index >= 15 is 0 Å². The number of anilines is 1. The maximum atomic E-state index is 5.03. The van der Waals surface area contributed by atoms with Gasteiger partial charge in [0.1, 0.15) is 5.82 Å². The number of aromatic nitrogens is 2. The lowest BCUT2D eigenvalue weighted by Gasteiger charge is -2.09. The fourth-order valence-corrected chi connectivity index (χ4v) is 0.999. The predicted octanol–water partition coefficient (Wildman–Crippen LogP) is 1.56. The monoisotopic (exact) mass is 211 g/mol. The molecule has 1 rings (SSSR count). The molecule has 1 aromatic rings. The Morgan fingerprint density at radius 2 is 2.00 bits per heavy atom. The average Bonchev–Trinajstić information content (AvgIpc) is 2.25. The molecule has 1 aromatic heterocycles. The zero-order valence-electron chi connectivity index (χ0n) is 9.57. The Morgan fingerprint density at radius 1 is 1.27 bits per heavy atom. The number of nitrogens with zero attached hydrogens (tertiary/aromatic N) is 2. The van der Waals surface area contributed by atoms with Gasteiger partial charge < -0.3 is 14.8 Å². The van der Waals surface area contributed by atoms with Crippen molar-refractivity contribution in [3.8, 4) is 11.9 Å². The van der Waals surface area contributed by atoms with Crippen molar-refractivity contribution in [2.45, 2.75) is 13.8 Å². The van der Waals surface area contributed by atoms with Crippen molar-refractivity contribution in [3.63, 3.8) is 0 Å². The largest absolute Gasteiger partial charge is 0.481 e. The van der Waals surface area contributed by atoms with Crippen molar-refractivity contribution in [2.24, 2.45) is 5.92 Å². The van der Waals surface area contributed by atoms with Crippen molar-refractivity contribution in [1.82, 2.24) is 9.97 Å². The van der Waals surface area contributed by atoms with Gasteiger partial charge in [-0.15, -0.1) is 0 Å². The van der Waals surface area contributed by atoms with Crippen LogP contribution in [0.25, 0.3) is 0 Å². The van der Waals surface area contributed by atoms with Gasteiger partial charge >= 0.3 is 6.01 Å². The van der Waals surface area contributed by atoms with Gasteiger partial charge in [-0.05, 0) is 5.92 Å². The number of nitrogens with one attached hydrogen (secondary N) is 1. The molecule has 15 heavy (non-hydrogen) atoms. The van der Waals surface area contributed by atoms with Crippen molar-refractivity contribution in [1.29, 1.82) is 0 Å². The predicted molar refractivity (Wildman–Crippen MR) is 58.5 cm³/mol. The van der Waals surface area contributed by atoms with E-state index in [1.807, 2.05) is 0 Å². The van der Waals surface area contributed by atoms with Crippen LogP contribution in [-0.2, 0) is 0 Å². The van der Waals surface area contributed by atoms with E-state index in [1.54, 1.807) is 13.2 Å². The first-order valence-electron chi connectivity index (χ1n) is 4.86. The molecule has 0 radical (unpaired) electrons. The molecule has 84 valence electrons. The standard InChI is InChI=1S/C10H17N3O2/c1-7(2)6-11-8-5-9(14-3)13-10(12-8)15-4/h5,7H,6H2,1-4H3,(H,11,12,13). The molecule has 0 fully saturated rings. The Labute approximate surface area is 89.8 Å². The average molecular weight is 211 g/mol. The smallest absolute Gasteiger partial charge is 0.321 e. The summed E-state index contributed by atoms with van der Waals surface area (Å²) in [6.07, 6.45) is 0. The van der Waals surface area contributed by atoms with Crippen molar-refractivity contribution in [3.05, 3.63) is 6.07 Å². The number of rotatable bonds is 5. The third-order valence-electron chi connectivity index (χ3n) is 1.77. The van der Waals surface area contributed by atoms with E-state index in [2.05, 4.69) is 29.1 Å². The lowest BCUT2D eigenvalue weighted by molar-refractivity contribution is 0.352. The van der Waals surface area contributed by atoms with Gasteiger partial charge in [-0.3, -0.25) is 0 Å². The van der Waals surface area contributed by atoms with Gasteiger partial charge in [0.2, 0.25) is 5.88 Å². The molecule has 5 heteroatoms. The zero-order valence-corrected chi connectivity index (χ0v) is 9.57. The van der Waals surface area contributed by atoms with Crippen molar-refractivity contribution < 1.29 is 9.47 Å². The summed E-state index contributed by atoms with van der Waals surface area (Å²) in [5.41, 5.74) is 0. The Bertz CT molecular complexity index is 293. The molecule has 0 amide bonds. The first-order valence-corrected chi connectivity index (χ1v) is 4.86. The van der Waals surface area contributed by atoms with Crippen LogP contribution in [0.2, 0.25) is 0 Å². The lowest BCUT2D eigenvalue weighted by atomic mass is 10.2. The van der Waals surface area contributed by atoms with Crippen molar-refractivity contribution in [2.75, 3.05) is 26.1 Å². The molecule has 0 aliphatic carbocycles. The molecule has 1 N–H and O–H groups in total. The highest BCUT2D eigenvalue weighted by Gasteiger charge is 2.04. The lowest BCUT2D eigenvalue weighted by Crippen LogP contribution is -2.10. The number of methoxy groups -OCH3 is 2. The topological polar surface area (TPSA) is 56.3 Å². The third-order valence-corrected chi connectivity index (χ3v) is 1.77. The zero-order chi connectivity index (χ0) is 11.3. The minimum atomic E-state index is 0.306. The molecule has 0 aliphatic heterocycles. The summed E-state index contributed by atoms with van der Waals surface area (Å²) in [6, 6.07) is 2.05. The van der Waals surface area contributed by atoms with E-state index in [4.69, 9.17) is 9.47 Å². The second kappa shape index (κ2) is 5.38. The van der Waals surface area contributed by atoms with Crippen LogP contribution in [0, 0.1) is 5.92 Å². The van der Waals surface area contributed by atoms with Crippen LogP contribution in [0.1, 0.15) is 13.8 Å². The maximum absolute atomic E-state index is 5.03. The molecular weight excluding hydrogens is 194 g/mol. The third kappa shape index (κ3) is 3.61. The summed E-state index contributed by atoms with van der Waals surface area (Å²) >= 11 is 0. The minimum Gasteiger partial charge on any atom is -0.481 e. The summed E-state index contributed by atoms with van der Waals surface area (Å²) in [5.74, 6) is 1.76. The fourth-order valence-electron chi connectivity index (χ4n) is 0.999. The van der Waals surface area contributed by atoms with E-state index in [1.165, 1.54) is 7.11 Å². The van der Waals surface area contributed by atoms with E-state index in [9.17, 15) is 0 Å². The normalized spacial score (nSPS) is 10.2. The molecule has 0 spiro atoms. The highest BCUT2D eigenvalue weighted by Crippen LogP contribution is 2.16. The Hall–Kier alpha value is -1.52. The van der Waals surface area contributed by atoms with Gasteiger partial charge in [-0.25, -0.2) is 0 Å². The molecule has 1 heterocycles. The fraction of sp³-hybridized carbons (Fsp3) is 0.600. The maximum Gasteiger partial charge on any atom is 0.321 e. The van der Waals surface area contributed by atoms with E-state index in [0.29, 0.717) is 23.6 Å². The molecule has 0 saturated heterocycles. The highest BCUT2D eigenvalue weighted by atomic mass is 16.5. The molecule has 0 saturated carbocycles. The SMILES string of the molecule is COc1cc(NCC(C)C)nc(OC)n1. The molecule has 0 aromatic carbocycles. The molecule has 0 atom stereocenters. The second-order valence-electron chi connectivity index (χ2n) is 3.56. The van der Waals surface area contributed by atoms with Crippen LogP contribution in [0.3, 0.4) is 0 Å². The Balaban J connectivity index is 2.77. The van der Waals surface area contributed by atoms with Gasteiger partial charge in [0.25, 0.3) is 0 Å². The first kappa shape index (κ1) is 11.6. The van der Waals surface area contributed by atoms with Crippen LogP contribution in [-0.4, -0.2) is 30.7 Å². The molecule has 0 aliphatic rings. The van der Waals surface area contributed by atoms with Gasteiger partial charge in [-0.2, -0.15) is 9.97 Å². The van der Waals surface area contributed by atoms with Crippen LogP contribution in [0.5, 0.6) is 11.9 Å². The molecule has 0 unspecified atom stereocenters.